The van der Waals surface area contributed by atoms with Crippen LogP contribution in [0.4, 0.5) is 0 Å². The van der Waals surface area contributed by atoms with Gasteiger partial charge in [-0.1, -0.05) is 50.1 Å². The third kappa shape index (κ3) is 2.38. The quantitative estimate of drug-likeness (QED) is 0.858. The summed E-state index contributed by atoms with van der Waals surface area (Å²) in [6.07, 6.45) is 4.97. The van der Waals surface area contributed by atoms with Gasteiger partial charge < -0.3 is 10.0 Å². The van der Waals surface area contributed by atoms with Crippen molar-refractivity contribution in [2.45, 2.75) is 44.2 Å². The van der Waals surface area contributed by atoms with Gasteiger partial charge in [-0.25, -0.2) is 0 Å². The SMILES string of the molecule is CC1CN(C)C2CCCCC2C1(O)c1ccccc1.Cl. The molecule has 2 fully saturated rings. The second-order valence-electron chi connectivity index (χ2n) is 6.49. The number of likely N-dealkylation sites (tertiary alicyclic amines) is 1. The molecule has 4 atom stereocenters. The van der Waals surface area contributed by atoms with Crippen molar-refractivity contribution in [3.8, 4) is 0 Å². The largest absolute Gasteiger partial charge is 0.384 e. The van der Waals surface area contributed by atoms with E-state index in [4.69, 9.17) is 0 Å². The summed E-state index contributed by atoms with van der Waals surface area (Å²) in [5.74, 6) is 0.677. The molecule has 1 N–H and O–H groups in total. The molecule has 112 valence electrons. The number of hydrogen-bond acceptors (Lipinski definition) is 2. The molecule has 1 saturated heterocycles. The Balaban J connectivity index is 0.00000147. The minimum atomic E-state index is -0.640. The molecule has 1 aliphatic heterocycles. The molecule has 1 aromatic carbocycles. The zero-order valence-corrected chi connectivity index (χ0v) is 13.3. The second-order valence-corrected chi connectivity index (χ2v) is 6.49. The van der Waals surface area contributed by atoms with Crippen LogP contribution in [0.3, 0.4) is 0 Å². The van der Waals surface area contributed by atoms with Gasteiger partial charge in [-0.3, -0.25) is 0 Å². The predicted octanol–water partition coefficient (Wildman–Crippen LogP) is 3.44. The highest BCUT2D eigenvalue weighted by Gasteiger charge is 2.51. The lowest BCUT2D eigenvalue weighted by Gasteiger charge is -2.54. The lowest BCUT2D eigenvalue weighted by Crippen LogP contribution is -2.60. The Morgan fingerprint density at radius 3 is 2.50 bits per heavy atom. The van der Waals surface area contributed by atoms with Crippen LogP contribution in [0.1, 0.15) is 38.2 Å². The summed E-state index contributed by atoms with van der Waals surface area (Å²) < 4.78 is 0. The molecular formula is C17H26ClNO. The number of halogens is 1. The molecule has 0 radical (unpaired) electrons. The van der Waals surface area contributed by atoms with Crippen molar-refractivity contribution in [1.82, 2.24) is 4.90 Å². The molecule has 0 spiro atoms. The minimum absolute atomic E-state index is 0. The summed E-state index contributed by atoms with van der Waals surface area (Å²) in [6.45, 7) is 3.20. The van der Waals surface area contributed by atoms with E-state index in [1.165, 1.54) is 19.3 Å². The highest BCUT2D eigenvalue weighted by Crippen LogP contribution is 2.48. The van der Waals surface area contributed by atoms with Crippen molar-refractivity contribution in [2.75, 3.05) is 13.6 Å². The zero-order chi connectivity index (χ0) is 13.5. The Kier molecular flexibility index (Phi) is 4.78. The predicted molar refractivity (Wildman–Crippen MR) is 85.1 cm³/mol. The molecule has 1 saturated carbocycles. The van der Waals surface area contributed by atoms with Crippen molar-refractivity contribution >= 4 is 12.4 Å². The first-order valence-electron chi connectivity index (χ1n) is 7.62. The molecule has 2 aliphatic rings. The first-order chi connectivity index (χ1) is 9.14. The van der Waals surface area contributed by atoms with Crippen molar-refractivity contribution in [3.63, 3.8) is 0 Å². The average molecular weight is 296 g/mol. The Labute approximate surface area is 128 Å². The Morgan fingerprint density at radius 2 is 1.80 bits per heavy atom. The minimum Gasteiger partial charge on any atom is -0.384 e. The van der Waals surface area contributed by atoms with Crippen LogP contribution in [0.2, 0.25) is 0 Å². The molecule has 20 heavy (non-hydrogen) atoms. The number of hydrogen-bond donors (Lipinski definition) is 1. The Morgan fingerprint density at radius 1 is 1.15 bits per heavy atom. The summed E-state index contributed by atoms with van der Waals surface area (Å²) in [5.41, 5.74) is 0.478. The maximum absolute atomic E-state index is 11.5. The van der Waals surface area contributed by atoms with Crippen molar-refractivity contribution in [2.24, 2.45) is 11.8 Å². The van der Waals surface area contributed by atoms with Crippen LogP contribution in [0, 0.1) is 11.8 Å². The summed E-state index contributed by atoms with van der Waals surface area (Å²) >= 11 is 0. The van der Waals surface area contributed by atoms with E-state index in [0.29, 0.717) is 17.9 Å². The molecule has 0 aromatic heterocycles. The van der Waals surface area contributed by atoms with Gasteiger partial charge in [0.05, 0.1) is 5.60 Å². The fourth-order valence-corrected chi connectivity index (χ4v) is 4.43. The second kappa shape index (κ2) is 6.05. The lowest BCUT2D eigenvalue weighted by molar-refractivity contribution is -0.150. The van der Waals surface area contributed by atoms with Crippen LogP contribution in [0.5, 0.6) is 0 Å². The number of nitrogens with zero attached hydrogens (tertiary/aromatic N) is 1. The van der Waals surface area contributed by atoms with E-state index in [-0.39, 0.29) is 12.4 Å². The summed E-state index contributed by atoms with van der Waals surface area (Å²) in [6, 6.07) is 10.9. The molecule has 1 heterocycles. The molecule has 1 aliphatic carbocycles. The highest BCUT2D eigenvalue weighted by molar-refractivity contribution is 5.85. The van der Waals surface area contributed by atoms with Crippen LogP contribution < -0.4 is 0 Å². The monoisotopic (exact) mass is 295 g/mol. The Bertz CT molecular complexity index is 438. The van der Waals surface area contributed by atoms with E-state index >= 15 is 0 Å². The van der Waals surface area contributed by atoms with E-state index in [9.17, 15) is 5.11 Å². The third-order valence-electron chi connectivity index (χ3n) is 5.41. The summed E-state index contributed by atoms with van der Waals surface area (Å²) in [5, 5.41) is 11.5. The van der Waals surface area contributed by atoms with Crippen LogP contribution in [-0.4, -0.2) is 29.6 Å². The van der Waals surface area contributed by atoms with Gasteiger partial charge >= 0.3 is 0 Å². The van der Waals surface area contributed by atoms with E-state index in [0.717, 1.165) is 18.5 Å². The van der Waals surface area contributed by atoms with Gasteiger partial charge in [0.1, 0.15) is 0 Å². The van der Waals surface area contributed by atoms with Gasteiger partial charge in [-0.05, 0) is 25.5 Å². The van der Waals surface area contributed by atoms with Gasteiger partial charge in [0.2, 0.25) is 0 Å². The van der Waals surface area contributed by atoms with Crippen LogP contribution in [0.15, 0.2) is 30.3 Å². The molecule has 4 unspecified atom stereocenters. The number of fused-ring (bicyclic) bond motifs is 1. The third-order valence-corrected chi connectivity index (χ3v) is 5.41. The normalized spacial score (nSPS) is 37.9. The van der Waals surface area contributed by atoms with Crippen molar-refractivity contribution in [3.05, 3.63) is 35.9 Å². The fourth-order valence-electron chi connectivity index (χ4n) is 4.43. The number of aliphatic hydroxyl groups is 1. The molecule has 2 nitrogen and oxygen atoms in total. The van der Waals surface area contributed by atoms with Gasteiger partial charge in [0.15, 0.2) is 0 Å². The number of benzene rings is 1. The molecular weight excluding hydrogens is 270 g/mol. The molecule has 3 rings (SSSR count). The van der Waals surface area contributed by atoms with E-state index in [2.05, 4.69) is 43.1 Å². The Hall–Kier alpha value is -0.570. The van der Waals surface area contributed by atoms with Crippen LogP contribution in [0.25, 0.3) is 0 Å². The summed E-state index contributed by atoms with van der Waals surface area (Å²) in [4.78, 5) is 2.48. The molecule has 0 amide bonds. The number of rotatable bonds is 1. The van der Waals surface area contributed by atoms with Crippen LogP contribution >= 0.6 is 12.4 Å². The standard InChI is InChI=1S/C17H25NO.ClH/c1-13-12-18(2)16-11-7-6-10-15(16)17(13,19)14-8-4-3-5-9-14;/h3-5,8-9,13,15-16,19H,6-7,10-12H2,1-2H3;1H. The lowest BCUT2D eigenvalue weighted by atomic mass is 9.62. The maximum Gasteiger partial charge on any atom is 0.0977 e. The van der Waals surface area contributed by atoms with E-state index < -0.39 is 5.60 Å². The van der Waals surface area contributed by atoms with Gasteiger partial charge in [0, 0.05) is 24.4 Å². The smallest absolute Gasteiger partial charge is 0.0977 e. The van der Waals surface area contributed by atoms with Crippen LogP contribution in [-0.2, 0) is 5.60 Å². The zero-order valence-electron chi connectivity index (χ0n) is 12.5. The maximum atomic E-state index is 11.5. The summed E-state index contributed by atoms with van der Waals surface area (Å²) in [7, 11) is 2.23. The van der Waals surface area contributed by atoms with Crippen molar-refractivity contribution in [1.29, 1.82) is 0 Å². The van der Waals surface area contributed by atoms with Gasteiger partial charge in [-0.2, -0.15) is 0 Å². The molecule has 3 heteroatoms. The average Bonchev–Trinajstić information content (AvgIpc) is 2.46. The first-order valence-corrected chi connectivity index (χ1v) is 7.62. The number of piperidine rings is 1. The fraction of sp³-hybridized carbons (Fsp3) is 0.647. The van der Waals surface area contributed by atoms with E-state index in [1.54, 1.807) is 0 Å². The topological polar surface area (TPSA) is 23.5 Å². The molecule has 1 aromatic rings. The van der Waals surface area contributed by atoms with Crippen molar-refractivity contribution < 1.29 is 5.11 Å². The van der Waals surface area contributed by atoms with Gasteiger partial charge in [0.25, 0.3) is 0 Å². The highest BCUT2D eigenvalue weighted by atomic mass is 35.5. The molecule has 0 bridgehead atoms. The van der Waals surface area contributed by atoms with E-state index in [1.807, 2.05) is 6.07 Å². The first kappa shape index (κ1) is 15.8. The van der Waals surface area contributed by atoms with Gasteiger partial charge in [-0.15, -0.1) is 12.4 Å².